The molecule has 0 spiro atoms. The molecule has 0 fully saturated rings. The Bertz CT molecular complexity index is 1560. The summed E-state index contributed by atoms with van der Waals surface area (Å²) in [6.45, 7) is 6.33. The van der Waals surface area contributed by atoms with Crippen LogP contribution < -0.4 is 0 Å². The maximum Gasteiger partial charge on any atom is 0.306 e. The molecule has 0 heterocycles. The Morgan fingerprint density at radius 3 is 0.861 bits per heavy atom. The Balaban J connectivity index is 4.18. The van der Waals surface area contributed by atoms with E-state index in [1.165, 1.54) is 64.2 Å². The van der Waals surface area contributed by atoms with Crippen LogP contribution in [0.25, 0.3) is 0 Å². The first kappa shape index (κ1) is 67.5. The number of ether oxygens (including phenoxy) is 3. The average Bonchev–Trinajstić information content (AvgIpc) is 3.38. The van der Waals surface area contributed by atoms with Crippen LogP contribution in [0.3, 0.4) is 0 Å². The van der Waals surface area contributed by atoms with E-state index in [1.54, 1.807) is 0 Å². The topological polar surface area (TPSA) is 78.9 Å². The highest BCUT2D eigenvalue weighted by atomic mass is 16.6. The lowest BCUT2D eigenvalue weighted by atomic mass is 10.1. The highest BCUT2D eigenvalue weighted by molar-refractivity contribution is 5.71. The van der Waals surface area contributed by atoms with Crippen LogP contribution in [0, 0.1) is 0 Å². The highest BCUT2D eigenvalue weighted by Gasteiger charge is 2.19. The molecule has 1 unspecified atom stereocenters. The van der Waals surface area contributed by atoms with Crippen molar-refractivity contribution in [3.05, 3.63) is 134 Å². The van der Waals surface area contributed by atoms with E-state index in [1.807, 2.05) is 0 Å². The third-order valence-electron chi connectivity index (χ3n) is 11.9. The molecule has 0 saturated carbocycles. The molecule has 0 radical (unpaired) electrons. The molecule has 0 N–H and O–H groups in total. The predicted molar refractivity (Wildman–Crippen MR) is 311 cm³/mol. The van der Waals surface area contributed by atoms with Crippen molar-refractivity contribution in [1.82, 2.24) is 0 Å². The van der Waals surface area contributed by atoms with Gasteiger partial charge in [-0.3, -0.25) is 14.4 Å². The van der Waals surface area contributed by atoms with E-state index < -0.39 is 6.10 Å². The Labute approximate surface area is 443 Å². The zero-order valence-corrected chi connectivity index (χ0v) is 46.4. The Hall–Kier alpha value is -4.45. The summed E-state index contributed by atoms with van der Waals surface area (Å²) in [7, 11) is 0. The fraction of sp³-hybridized carbons (Fsp3) is 0.621. The third kappa shape index (κ3) is 56.5. The van der Waals surface area contributed by atoms with Crippen molar-refractivity contribution in [3.8, 4) is 0 Å². The summed E-state index contributed by atoms with van der Waals surface area (Å²) in [6, 6.07) is 0. The maximum absolute atomic E-state index is 12.8. The minimum absolute atomic E-state index is 0.0943. The largest absolute Gasteiger partial charge is 0.462 e. The highest BCUT2D eigenvalue weighted by Crippen LogP contribution is 2.14. The second-order valence-electron chi connectivity index (χ2n) is 18.8. The number of carbonyl (C=O) groups excluding carboxylic acids is 3. The number of rotatable bonds is 51. The van der Waals surface area contributed by atoms with Gasteiger partial charge in [0, 0.05) is 19.3 Å². The first-order valence-electron chi connectivity index (χ1n) is 29.2. The minimum atomic E-state index is -0.797. The van der Waals surface area contributed by atoms with Gasteiger partial charge in [0.1, 0.15) is 13.2 Å². The summed E-state index contributed by atoms with van der Waals surface area (Å²) in [5.74, 6) is -0.943. The summed E-state index contributed by atoms with van der Waals surface area (Å²) >= 11 is 0. The number of hydrogen-bond donors (Lipinski definition) is 0. The summed E-state index contributed by atoms with van der Waals surface area (Å²) in [5.41, 5.74) is 0. The molecule has 0 aromatic carbocycles. The molecule has 0 aromatic heterocycles. The Kier molecular flexibility index (Phi) is 55.5. The van der Waals surface area contributed by atoms with Crippen LogP contribution in [0.2, 0.25) is 0 Å². The molecule has 72 heavy (non-hydrogen) atoms. The lowest BCUT2D eigenvalue weighted by Gasteiger charge is -2.18. The smallest absolute Gasteiger partial charge is 0.306 e. The zero-order chi connectivity index (χ0) is 52.2. The first-order chi connectivity index (χ1) is 35.5. The quantitative estimate of drug-likeness (QED) is 0.0261. The van der Waals surface area contributed by atoms with Crippen molar-refractivity contribution in [2.75, 3.05) is 13.2 Å². The lowest BCUT2D eigenvalue weighted by molar-refractivity contribution is -0.167. The number of carbonyl (C=O) groups is 3. The molecule has 0 aliphatic heterocycles. The molecular formula is C66H106O6. The van der Waals surface area contributed by atoms with Crippen LogP contribution in [0.1, 0.15) is 245 Å². The van der Waals surface area contributed by atoms with Crippen LogP contribution in [0.5, 0.6) is 0 Å². The molecule has 0 aliphatic rings. The fourth-order valence-corrected chi connectivity index (χ4v) is 7.59. The number of hydrogen-bond acceptors (Lipinski definition) is 6. The van der Waals surface area contributed by atoms with Crippen molar-refractivity contribution < 1.29 is 28.6 Å². The normalized spacial score (nSPS) is 13.1. The van der Waals surface area contributed by atoms with E-state index in [0.29, 0.717) is 12.8 Å². The van der Waals surface area contributed by atoms with Gasteiger partial charge in [0.05, 0.1) is 0 Å². The summed E-state index contributed by atoms with van der Waals surface area (Å²) in [5, 5.41) is 0. The summed E-state index contributed by atoms with van der Waals surface area (Å²) in [4.78, 5) is 37.9. The van der Waals surface area contributed by atoms with Gasteiger partial charge in [-0.1, -0.05) is 244 Å². The molecule has 0 aromatic rings. The van der Waals surface area contributed by atoms with Gasteiger partial charge in [0.2, 0.25) is 0 Å². The number of esters is 3. The summed E-state index contributed by atoms with van der Waals surface area (Å²) in [6.07, 6.45) is 83.3. The Morgan fingerprint density at radius 2 is 0.542 bits per heavy atom. The van der Waals surface area contributed by atoms with Gasteiger partial charge >= 0.3 is 17.9 Å². The van der Waals surface area contributed by atoms with Crippen molar-refractivity contribution in [3.63, 3.8) is 0 Å². The van der Waals surface area contributed by atoms with E-state index in [-0.39, 0.29) is 37.5 Å². The first-order valence-corrected chi connectivity index (χ1v) is 29.2. The number of allylic oxidation sites excluding steroid dienone is 22. The van der Waals surface area contributed by atoms with Crippen LogP contribution in [0.4, 0.5) is 0 Å². The van der Waals surface area contributed by atoms with Crippen molar-refractivity contribution in [2.45, 2.75) is 252 Å². The van der Waals surface area contributed by atoms with Gasteiger partial charge in [-0.25, -0.2) is 0 Å². The molecule has 0 aliphatic carbocycles. The SMILES string of the molecule is CC/C=C\C/C=C\C/C=C\C/C=C\C/C=C\C/C=C\C/C=C\C/C=C\CCCCCCCCCCC(=O)OCC(COC(=O)CCCCCCCCCC)OC(=O)CCCCC/C=C\C/C=C\C/C=C\CC. The van der Waals surface area contributed by atoms with E-state index in [0.717, 1.165) is 141 Å². The zero-order valence-electron chi connectivity index (χ0n) is 46.4. The predicted octanol–water partition coefficient (Wildman–Crippen LogP) is 19.8. The van der Waals surface area contributed by atoms with E-state index >= 15 is 0 Å². The lowest BCUT2D eigenvalue weighted by Crippen LogP contribution is -2.30. The molecule has 0 saturated heterocycles. The van der Waals surface area contributed by atoms with Gasteiger partial charge in [-0.05, 0) is 116 Å². The van der Waals surface area contributed by atoms with Crippen molar-refractivity contribution in [1.29, 1.82) is 0 Å². The van der Waals surface area contributed by atoms with Gasteiger partial charge in [-0.15, -0.1) is 0 Å². The molecule has 6 heteroatoms. The van der Waals surface area contributed by atoms with E-state index in [2.05, 4.69) is 154 Å². The molecule has 0 bridgehead atoms. The molecule has 0 amide bonds. The van der Waals surface area contributed by atoms with E-state index in [4.69, 9.17) is 14.2 Å². The maximum atomic E-state index is 12.8. The van der Waals surface area contributed by atoms with Crippen molar-refractivity contribution >= 4 is 17.9 Å². The summed E-state index contributed by atoms with van der Waals surface area (Å²) < 4.78 is 16.7. The average molecular weight is 996 g/mol. The van der Waals surface area contributed by atoms with Crippen LogP contribution in [0.15, 0.2) is 134 Å². The molecule has 406 valence electrons. The van der Waals surface area contributed by atoms with Crippen LogP contribution in [-0.2, 0) is 28.6 Å². The number of unbranched alkanes of at least 4 members (excludes halogenated alkanes) is 18. The Morgan fingerprint density at radius 1 is 0.292 bits per heavy atom. The van der Waals surface area contributed by atoms with E-state index in [9.17, 15) is 14.4 Å². The van der Waals surface area contributed by atoms with Gasteiger partial charge in [0.15, 0.2) is 6.10 Å². The second kappa shape index (κ2) is 59.1. The second-order valence-corrected chi connectivity index (χ2v) is 18.8. The standard InChI is InChI=1S/C66H106O6/c1-4-7-10-13-16-19-21-23-24-25-26-27-28-29-30-31-32-33-34-35-36-37-38-39-40-41-42-44-45-47-50-53-56-59-65(68)71-62-63(61-70-64(67)58-55-52-49-18-15-12-9-6-3)72-66(69)60-57-54-51-48-46-43-22-20-17-14-11-8-5-2/h7-8,10-11,16-17,19-20,23-24,26-27,29-30,32-33,35-36,38-39,43,46,63H,4-6,9,12-15,18,21-22,25,28,31,34,37,40-42,44-45,47-62H2,1-3H3/b10-7-,11-8-,19-16-,20-17-,24-23-,27-26-,30-29-,33-32-,36-35-,39-38-,46-43-. The minimum Gasteiger partial charge on any atom is -0.462 e. The van der Waals surface area contributed by atoms with Gasteiger partial charge in [0.25, 0.3) is 0 Å². The molecular weight excluding hydrogens is 889 g/mol. The van der Waals surface area contributed by atoms with Gasteiger partial charge in [-0.2, -0.15) is 0 Å². The monoisotopic (exact) mass is 995 g/mol. The third-order valence-corrected chi connectivity index (χ3v) is 11.9. The van der Waals surface area contributed by atoms with Crippen molar-refractivity contribution in [2.24, 2.45) is 0 Å². The van der Waals surface area contributed by atoms with Crippen LogP contribution >= 0.6 is 0 Å². The molecule has 1 atom stereocenters. The molecule has 0 rings (SSSR count). The molecule has 6 nitrogen and oxygen atoms in total. The van der Waals surface area contributed by atoms with Crippen LogP contribution in [-0.4, -0.2) is 37.2 Å². The van der Waals surface area contributed by atoms with Gasteiger partial charge < -0.3 is 14.2 Å². The fourth-order valence-electron chi connectivity index (χ4n) is 7.59.